The molecule has 0 radical (unpaired) electrons. The monoisotopic (exact) mass is 332 g/mol. The van der Waals surface area contributed by atoms with Gasteiger partial charge in [0.25, 0.3) is 0 Å². The summed E-state index contributed by atoms with van der Waals surface area (Å²) in [6, 6.07) is 2.21. The molecular weight excluding hydrogens is 320 g/mol. The van der Waals surface area contributed by atoms with E-state index in [-0.39, 0.29) is 0 Å². The van der Waals surface area contributed by atoms with E-state index in [0.29, 0.717) is 22.8 Å². The predicted octanol–water partition coefficient (Wildman–Crippen LogP) is 1.90. The fraction of sp³-hybridized carbons (Fsp3) is 0.333. The Bertz CT molecular complexity index is 791. The average molecular weight is 333 g/mol. The number of halogens is 1. The summed E-state index contributed by atoms with van der Waals surface area (Å²) in [4.78, 5) is 10.7. The summed E-state index contributed by atoms with van der Waals surface area (Å²) in [5.74, 6) is -2.18. The lowest BCUT2D eigenvalue weighted by atomic mass is 10.3. The quantitative estimate of drug-likeness (QED) is 0.897. The molecule has 0 amide bonds. The molecule has 0 unspecified atom stereocenters. The smallest absolute Gasteiger partial charge is 0.371 e. The second-order valence-electron chi connectivity index (χ2n) is 4.37. The number of carboxylic acid groups (broad SMARTS) is 1. The fourth-order valence-electron chi connectivity index (χ4n) is 1.83. The molecule has 0 spiro atoms. The number of carbonyl (C=O) groups is 1. The van der Waals surface area contributed by atoms with Crippen LogP contribution in [-0.2, 0) is 29.1 Å². The number of rotatable bonds is 5. The van der Waals surface area contributed by atoms with E-state index in [9.17, 15) is 13.2 Å². The van der Waals surface area contributed by atoms with Crippen molar-refractivity contribution in [1.29, 1.82) is 0 Å². The number of hydrogen-bond donors (Lipinski definition) is 1. The van der Waals surface area contributed by atoms with Crippen LogP contribution in [0.4, 0.5) is 0 Å². The molecule has 0 saturated carbocycles. The Kier molecular flexibility index (Phi) is 4.11. The Balaban J connectivity index is 2.37. The summed E-state index contributed by atoms with van der Waals surface area (Å²) in [5.41, 5.74) is 0.942. The summed E-state index contributed by atoms with van der Waals surface area (Å²) in [5, 5.41) is 12.8. The van der Waals surface area contributed by atoms with Gasteiger partial charge in [-0.25, -0.2) is 13.2 Å². The molecule has 114 valence electrons. The van der Waals surface area contributed by atoms with Gasteiger partial charge in [0.15, 0.2) is 0 Å². The maximum Gasteiger partial charge on any atom is 0.371 e. The van der Waals surface area contributed by atoms with Crippen molar-refractivity contribution in [2.24, 2.45) is 7.05 Å². The van der Waals surface area contributed by atoms with Crippen molar-refractivity contribution in [3.63, 3.8) is 0 Å². The van der Waals surface area contributed by atoms with Crippen molar-refractivity contribution in [2.75, 3.05) is 0 Å². The van der Waals surface area contributed by atoms with Gasteiger partial charge in [-0.1, -0.05) is 18.5 Å². The maximum atomic E-state index is 12.3. The van der Waals surface area contributed by atoms with Crippen LogP contribution in [0.25, 0.3) is 0 Å². The highest BCUT2D eigenvalue weighted by molar-refractivity contribution is 7.90. The lowest BCUT2D eigenvalue weighted by molar-refractivity contribution is 0.0656. The van der Waals surface area contributed by atoms with Crippen LogP contribution in [0.3, 0.4) is 0 Å². The standard InChI is InChI=1S/C12H13ClN2O5S/c1-3-7-11(13)8(15(2)14-7)6-21(18,19)10-5-4-9(20-10)12(16)17/h4-5H,3,6H2,1-2H3,(H,16,17). The first kappa shape index (κ1) is 15.6. The number of aromatic nitrogens is 2. The van der Waals surface area contributed by atoms with E-state index in [1.165, 1.54) is 4.68 Å². The largest absolute Gasteiger partial charge is 0.475 e. The third-order valence-corrected chi connectivity index (χ3v) is 4.85. The van der Waals surface area contributed by atoms with E-state index in [1.54, 1.807) is 7.05 Å². The zero-order valence-electron chi connectivity index (χ0n) is 11.3. The summed E-state index contributed by atoms with van der Waals surface area (Å²) in [6.45, 7) is 1.86. The Morgan fingerprint density at radius 2 is 2.14 bits per heavy atom. The lowest BCUT2D eigenvalue weighted by Gasteiger charge is -2.03. The second-order valence-corrected chi connectivity index (χ2v) is 6.67. The van der Waals surface area contributed by atoms with Gasteiger partial charge in [0.1, 0.15) is 5.75 Å². The van der Waals surface area contributed by atoms with Gasteiger partial charge >= 0.3 is 5.97 Å². The van der Waals surface area contributed by atoms with E-state index in [1.807, 2.05) is 6.92 Å². The number of hydrogen-bond acceptors (Lipinski definition) is 5. The Morgan fingerprint density at radius 3 is 2.62 bits per heavy atom. The van der Waals surface area contributed by atoms with E-state index in [0.717, 1.165) is 12.1 Å². The maximum absolute atomic E-state index is 12.3. The molecule has 2 rings (SSSR count). The molecule has 9 heteroatoms. The zero-order valence-corrected chi connectivity index (χ0v) is 12.9. The Morgan fingerprint density at radius 1 is 1.48 bits per heavy atom. The lowest BCUT2D eigenvalue weighted by Crippen LogP contribution is -2.08. The van der Waals surface area contributed by atoms with Crippen LogP contribution in [0.1, 0.15) is 28.9 Å². The zero-order chi connectivity index (χ0) is 15.8. The summed E-state index contributed by atoms with van der Waals surface area (Å²) in [6.07, 6.45) is 0.580. The van der Waals surface area contributed by atoms with Gasteiger partial charge in [0.2, 0.25) is 20.7 Å². The first-order chi connectivity index (χ1) is 9.76. The van der Waals surface area contributed by atoms with Gasteiger partial charge in [-0.2, -0.15) is 5.10 Å². The molecule has 0 aliphatic rings. The third kappa shape index (κ3) is 2.96. The molecule has 7 nitrogen and oxygen atoms in total. The molecule has 0 bridgehead atoms. The van der Waals surface area contributed by atoms with Crippen LogP contribution in [0.2, 0.25) is 5.02 Å². The number of aryl methyl sites for hydroxylation is 2. The molecule has 0 atom stereocenters. The van der Waals surface area contributed by atoms with Crippen LogP contribution in [0, 0.1) is 0 Å². The minimum absolute atomic E-state index is 0.300. The van der Waals surface area contributed by atoms with Crippen LogP contribution in [0.15, 0.2) is 21.6 Å². The van der Waals surface area contributed by atoms with Gasteiger partial charge in [-0.05, 0) is 18.6 Å². The van der Waals surface area contributed by atoms with Crippen molar-refractivity contribution >= 4 is 27.4 Å². The molecule has 0 aliphatic carbocycles. The van der Waals surface area contributed by atoms with Crippen LogP contribution >= 0.6 is 11.6 Å². The van der Waals surface area contributed by atoms with Gasteiger partial charge in [-0.15, -0.1) is 0 Å². The normalized spacial score (nSPS) is 11.8. The molecule has 2 aromatic heterocycles. The van der Waals surface area contributed by atoms with Crippen molar-refractivity contribution < 1.29 is 22.7 Å². The highest BCUT2D eigenvalue weighted by Crippen LogP contribution is 2.26. The molecule has 1 N–H and O–H groups in total. The summed E-state index contributed by atoms with van der Waals surface area (Å²) in [7, 11) is -2.24. The molecular formula is C12H13ClN2O5S. The SMILES string of the molecule is CCc1nn(C)c(CS(=O)(=O)c2ccc(C(=O)O)o2)c1Cl. The first-order valence-electron chi connectivity index (χ1n) is 6.02. The topological polar surface area (TPSA) is 102 Å². The molecule has 0 saturated heterocycles. The highest BCUT2D eigenvalue weighted by atomic mass is 35.5. The minimum Gasteiger partial charge on any atom is -0.475 e. The number of sulfone groups is 1. The van der Waals surface area contributed by atoms with E-state index in [2.05, 4.69) is 5.10 Å². The fourth-order valence-corrected chi connectivity index (χ4v) is 3.60. The summed E-state index contributed by atoms with van der Waals surface area (Å²) < 4.78 is 30.7. The van der Waals surface area contributed by atoms with Crippen molar-refractivity contribution in [3.05, 3.63) is 34.3 Å². The molecule has 0 aliphatic heterocycles. The minimum atomic E-state index is -3.84. The number of nitrogens with zero attached hydrogens (tertiary/aromatic N) is 2. The van der Waals surface area contributed by atoms with E-state index < -0.39 is 32.4 Å². The van der Waals surface area contributed by atoms with Crippen molar-refractivity contribution in [1.82, 2.24) is 9.78 Å². The van der Waals surface area contributed by atoms with Gasteiger partial charge in [0, 0.05) is 7.05 Å². The van der Waals surface area contributed by atoms with Crippen LogP contribution in [-0.4, -0.2) is 29.3 Å². The molecule has 21 heavy (non-hydrogen) atoms. The van der Waals surface area contributed by atoms with Crippen LogP contribution in [0.5, 0.6) is 0 Å². The van der Waals surface area contributed by atoms with Gasteiger partial charge < -0.3 is 9.52 Å². The first-order valence-corrected chi connectivity index (χ1v) is 8.05. The van der Waals surface area contributed by atoms with Crippen molar-refractivity contribution in [3.8, 4) is 0 Å². The number of carboxylic acids is 1. The van der Waals surface area contributed by atoms with Crippen molar-refractivity contribution in [2.45, 2.75) is 24.2 Å². The molecule has 2 aromatic rings. The Labute approximate surface area is 126 Å². The third-order valence-electron chi connectivity index (χ3n) is 2.93. The Hall–Kier alpha value is -1.80. The van der Waals surface area contributed by atoms with E-state index >= 15 is 0 Å². The van der Waals surface area contributed by atoms with Gasteiger partial charge in [0.05, 0.1) is 16.4 Å². The van der Waals surface area contributed by atoms with E-state index in [4.69, 9.17) is 21.1 Å². The highest BCUT2D eigenvalue weighted by Gasteiger charge is 2.25. The average Bonchev–Trinajstić information content (AvgIpc) is 2.99. The predicted molar refractivity (Wildman–Crippen MR) is 74.2 cm³/mol. The molecule has 2 heterocycles. The second kappa shape index (κ2) is 5.53. The number of aromatic carboxylic acids is 1. The molecule has 0 aromatic carbocycles. The molecule has 0 fully saturated rings. The summed E-state index contributed by atoms with van der Waals surface area (Å²) >= 11 is 6.11. The van der Waals surface area contributed by atoms with Gasteiger partial charge in [-0.3, -0.25) is 4.68 Å². The van der Waals surface area contributed by atoms with Crippen LogP contribution < -0.4 is 0 Å². The number of furan rings is 1.